The van der Waals surface area contributed by atoms with Crippen molar-refractivity contribution in [3.05, 3.63) is 29.3 Å². The molecule has 110 valence electrons. The minimum Gasteiger partial charge on any atom is -0.442 e. The lowest BCUT2D eigenvalue weighted by molar-refractivity contribution is -0.131. The lowest BCUT2D eigenvalue weighted by Gasteiger charge is -2.16. The summed E-state index contributed by atoms with van der Waals surface area (Å²) in [5.74, 6) is 0.222. The third-order valence-electron chi connectivity index (χ3n) is 2.81. The van der Waals surface area contributed by atoms with Gasteiger partial charge in [0.1, 0.15) is 11.9 Å². The fraction of sp³-hybridized carbons (Fsp3) is 0.467. The van der Waals surface area contributed by atoms with Gasteiger partial charge in [0, 0.05) is 14.0 Å². The highest BCUT2D eigenvalue weighted by molar-refractivity contribution is 5.70. The molecule has 5 heteroatoms. The van der Waals surface area contributed by atoms with Crippen molar-refractivity contribution >= 4 is 12.1 Å². The van der Waals surface area contributed by atoms with Crippen molar-refractivity contribution in [1.82, 2.24) is 5.32 Å². The molecule has 1 aromatic rings. The number of hydrogen-bond acceptors (Lipinski definition) is 4. The predicted octanol–water partition coefficient (Wildman–Crippen LogP) is 2.98. The molecule has 1 rings (SSSR count). The van der Waals surface area contributed by atoms with Crippen LogP contribution in [-0.2, 0) is 16.0 Å². The second kappa shape index (κ2) is 7.53. The zero-order valence-corrected chi connectivity index (χ0v) is 12.4. The van der Waals surface area contributed by atoms with Crippen LogP contribution >= 0.6 is 0 Å². The summed E-state index contributed by atoms with van der Waals surface area (Å²) < 4.78 is 10.4. The molecule has 0 spiro atoms. The van der Waals surface area contributed by atoms with Gasteiger partial charge in [-0.25, -0.2) is 4.79 Å². The van der Waals surface area contributed by atoms with Crippen LogP contribution in [0.25, 0.3) is 0 Å². The van der Waals surface area contributed by atoms with Crippen molar-refractivity contribution in [2.24, 2.45) is 0 Å². The van der Waals surface area contributed by atoms with E-state index in [9.17, 15) is 9.59 Å². The SMILES string of the molecule is CCCc1cc(C(C)OC(=O)NC)ccc1OC(C)=O. The van der Waals surface area contributed by atoms with Crippen molar-refractivity contribution in [2.75, 3.05) is 7.05 Å². The van der Waals surface area contributed by atoms with Crippen LogP contribution in [0.15, 0.2) is 18.2 Å². The number of amides is 1. The average Bonchev–Trinajstić information content (AvgIpc) is 2.40. The van der Waals surface area contributed by atoms with Gasteiger partial charge in [0.15, 0.2) is 0 Å². The lowest BCUT2D eigenvalue weighted by Crippen LogP contribution is -2.20. The van der Waals surface area contributed by atoms with E-state index in [-0.39, 0.29) is 12.1 Å². The first-order valence-corrected chi connectivity index (χ1v) is 6.67. The van der Waals surface area contributed by atoms with Crippen LogP contribution < -0.4 is 10.1 Å². The largest absolute Gasteiger partial charge is 0.442 e. The summed E-state index contributed by atoms with van der Waals surface area (Å²) in [6.45, 7) is 5.22. The number of nitrogens with one attached hydrogen (secondary N) is 1. The summed E-state index contributed by atoms with van der Waals surface area (Å²) in [4.78, 5) is 22.3. The maximum Gasteiger partial charge on any atom is 0.407 e. The molecular formula is C15H21NO4. The summed E-state index contributed by atoms with van der Waals surface area (Å²) in [6.07, 6.45) is 0.890. The number of alkyl carbamates (subject to hydrolysis) is 1. The van der Waals surface area contributed by atoms with Crippen LogP contribution in [0.4, 0.5) is 4.79 Å². The Morgan fingerprint density at radius 2 is 2.05 bits per heavy atom. The number of carbonyl (C=O) groups excluding carboxylic acids is 2. The zero-order chi connectivity index (χ0) is 15.1. The van der Waals surface area contributed by atoms with Gasteiger partial charge in [0.05, 0.1) is 0 Å². The molecule has 0 fully saturated rings. The summed E-state index contributed by atoms with van der Waals surface area (Å²) >= 11 is 0. The van der Waals surface area contributed by atoms with Crippen LogP contribution in [0.2, 0.25) is 0 Å². The summed E-state index contributed by atoms with van der Waals surface area (Å²) in [7, 11) is 1.52. The fourth-order valence-corrected chi connectivity index (χ4v) is 1.86. The minimum absolute atomic E-state index is 0.343. The highest BCUT2D eigenvalue weighted by Crippen LogP contribution is 2.26. The highest BCUT2D eigenvalue weighted by atomic mass is 16.6. The van der Waals surface area contributed by atoms with Crippen molar-refractivity contribution in [3.8, 4) is 5.75 Å². The molecule has 0 aliphatic carbocycles. The second-order valence-electron chi connectivity index (χ2n) is 4.51. The molecular weight excluding hydrogens is 258 g/mol. The third-order valence-corrected chi connectivity index (χ3v) is 2.81. The first kappa shape index (κ1) is 16.0. The highest BCUT2D eigenvalue weighted by Gasteiger charge is 2.14. The van der Waals surface area contributed by atoms with E-state index < -0.39 is 6.09 Å². The molecule has 0 aromatic heterocycles. The van der Waals surface area contributed by atoms with Gasteiger partial charge in [0.25, 0.3) is 0 Å². The van der Waals surface area contributed by atoms with Crippen LogP contribution in [0.3, 0.4) is 0 Å². The van der Waals surface area contributed by atoms with E-state index in [2.05, 4.69) is 12.2 Å². The number of carbonyl (C=O) groups is 2. The molecule has 1 amide bonds. The van der Waals surface area contributed by atoms with Crippen molar-refractivity contribution in [1.29, 1.82) is 0 Å². The third kappa shape index (κ3) is 4.57. The quantitative estimate of drug-likeness (QED) is 0.664. The molecule has 0 aliphatic heterocycles. The van der Waals surface area contributed by atoms with Crippen LogP contribution in [-0.4, -0.2) is 19.1 Å². The predicted molar refractivity (Wildman–Crippen MR) is 75.7 cm³/mol. The molecule has 0 aliphatic rings. The molecule has 1 unspecified atom stereocenters. The van der Waals surface area contributed by atoms with Gasteiger partial charge >= 0.3 is 12.1 Å². The van der Waals surface area contributed by atoms with Gasteiger partial charge < -0.3 is 14.8 Å². The lowest BCUT2D eigenvalue weighted by atomic mass is 10.0. The zero-order valence-electron chi connectivity index (χ0n) is 12.4. The van der Waals surface area contributed by atoms with Gasteiger partial charge in [-0.2, -0.15) is 0 Å². The molecule has 0 saturated heterocycles. The number of benzene rings is 1. The Bertz CT molecular complexity index is 485. The average molecular weight is 279 g/mol. The maximum atomic E-state index is 11.2. The Hall–Kier alpha value is -2.04. The first-order valence-electron chi connectivity index (χ1n) is 6.67. The van der Waals surface area contributed by atoms with Gasteiger partial charge in [-0.3, -0.25) is 4.79 Å². The van der Waals surface area contributed by atoms with Crippen LogP contribution in [0.5, 0.6) is 5.75 Å². The number of hydrogen-bond donors (Lipinski definition) is 1. The summed E-state index contributed by atoms with van der Waals surface area (Å²) in [5.41, 5.74) is 1.81. The van der Waals surface area contributed by atoms with Crippen molar-refractivity contribution in [3.63, 3.8) is 0 Å². The molecule has 1 N–H and O–H groups in total. The number of rotatable bonds is 5. The van der Waals surface area contributed by atoms with E-state index >= 15 is 0 Å². The monoisotopic (exact) mass is 279 g/mol. The standard InChI is InChI=1S/C15H21NO4/c1-5-6-13-9-12(10(2)19-15(18)16-4)7-8-14(13)20-11(3)17/h7-10H,5-6H2,1-4H3,(H,16,18). The van der Waals surface area contributed by atoms with E-state index in [1.807, 2.05) is 6.07 Å². The van der Waals surface area contributed by atoms with E-state index in [0.717, 1.165) is 24.0 Å². The Morgan fingerprint density at radius 3 is 2.60 bits per heavy atom. The summed E-state index contributed by atoms with van der Waals surface area (Å²) in [5, 5.41) is 2.41. The first-order chi connectivity index (χ1) is 9.47. The van der Waals surface area contributed by atoms with Crippen LogP contribution in [0, 0.1) is 0 Å². The Labute approximate surface area is 119 Å². The number of ether oxygens (including phenoxy) is 2. The maximum absolute atomic E-state index is 11.2. The van der Waals surface area contributed by atoms with E-state index in [0.29, 0.717) is 5.75 Å². The molecule has 0 radical (unpaired) electrons. The van der Waals surface area contributed by atoms with Crippen molar-refractivity contribution in [2.45, 2.75) is 39.7 Å². The minimum atomic E-state index is -0.474. The topological polar surface area (TPSA) is 64.6 Å². The normalized spacial score (nSPS) is 11.6. The molecule has 0 saturated carbocycles. The molecule has 0 heterocycles. The van der Waals surface area contributed by atoms with E-state index in [1.54, 1.807) is 19.1 Å². The summed E-state index contributed by atoms with van der Waals surface area (Å²) in [6, 6.07) is 5.45. The van der Waals surface area contributed by atoms with Crippen molar-refractivity contribution < 1.29 is 19.1 Å². The number of esters is 1. The molecule has 1 atom stereocenters. The smallest absolute Gasteiger partial charge is 0.407 e. The molecule has 20 heavy (non-hydrogen) atoms. The van der Waals surface area contributed by atoms with Gasteiger partial charge in [-0.15, -0.1) is 0 Å². The van der Waals surface area contributed by atoms with Crippen LogP contribution in [0.1, 0.15) is 44.4 Å². The van der Waals surface area contributed by atoms with Gasteiger partial charge in [-0.05, 0) is 36.6 Å². The molecule has 0 bridgehead atoms. The van der Waals surface area contributed by atoms with Gasteiger partial charge in [0.2, 0.25) is 0 Å². The number of aryl methyl sites for hydroxylation is 1. The van der Waals surface area contributed by atoms with E-state index in [1.165, 1.54) is 14.0 Å². The molecule has 5 nitrogen and oxygen atoms in total. The Kier molecular flexibility index (Phi) is 6.03. The van der Waals surface area contributed by atoms with E-state index in [4.69, 9.17) is 9.47 Å². The molecule has 1 aromatic carbocycles. The Balaban J connectivity index is 2.96. The Morgan fingerprint density at radius 1 is 1.35 bits per heavy atom. The fourth-order valence-electron chi connectivity index (χ4n) is 1.86. The second-order valence-corrected chi connectivity index (χ2v) is 4.51. The van der Waals surface area contributed by atoms with Gasteiger partial charge in [-0.1, -0.05) is 19.4 Å².